The Hall–Kier alpha value is -2.49. The van der Waals surface area contributed by atoms with Crippen LogP contribution in [0.2, 0.25) is 0 Å². The van der Waals surface area contributed by atoms with E-state index >= 15 is 0 Å². The highest BCUT2D eigenvalue weighted by Crippen LogP contribution is 2.23. The zero-order valence-electron chi connectivity index (χ0n) is 10.9. The van der Waals surface area contributed by atoms with Crippen LogP contribution < -0.4 is 4.90 Å². The summed E-state index contributed by atoms with van der Waals surface area (Å²) in [6.07, 6.45) is 3.44. The highest BCUT2D eigenvalue weighted by atomic mass is 16.3. The van der Waals surface area contributed by atoms with Crippen LogP contribution in [0.25, 0.3) is 22.8 Å². The number of aromatic nitrogens is 2. The van der Waals surface area contributed by atoms with Crippen LogP contribution in [0, 0.1) is 0 Å². The average molecular weight is 253 g/mol. The van der Waals surface area contributed by atoms with Crippen LogP contribution in [0.1, 0.15) is 0 Å². The van der Waals surface area contributed by atoms with Crippen LogP contribution in [-0.2, 0) is 0 Å². The Bertz CT molecular complexity index is 651. The molecule has 0 spiro atoms. The topological polar surface area (TPSA) is 45.1 Å². The fourth-order valence-corrected chi connectivity index (χ4v) is 1.94. The zero-order chi connectivity index (χ0) is 13.2. The van der Waals surface area contributed by atoms with Gasteiger partial charge in [0.05, 0.1) is 12.5 Å². The van der Waals surface area contributed by atoms with E-state index in [1.807, 2.05) is 26.2 Å². The zero-order valence-corrected chi connectivity index (χ0v) is 10.9. The van der Waals surface area contributed by atoms with Gasteiger partial charge >= 0.3 is 0 Å². The van der Waals surface area contributed by atoms with Crippen molar-refractivity contribution in [2.24, 2.45) is 0 Å². The number of imidazole rings is 1. The second kappa shape index (κ2) is 4.65. The molecule has 4 heteroatoms. The normalized spacial score (nSPS) is 10.6. The molecule has 0 unspecified atom stereocenters. The number of rotatable bonds is 3. The van der Waals surface area contributed by atoms with Gasteiger partial charge in [0, 0.05) is 25.3 Å². The van der Waals surface area contributed by atoms with E-state index in [-0.39, 0.29) is 0 Å². The van der Waals surface area contributed by atoms with E-state index in [1.165, 1.54) is 5.69 Å². The SMILES string of the molecule is CN(C)c1ccc(-c2ncc(-c3ccco3)[nH]2)cc1. The second-order valence-electron chi connectivity index (χ2n) is 4.56. The van der Waals surface area contributed by atoms with Crippen LogP contribution in [0.15, 0.2) is 53.3 Å². The molecular formula is C15H15N3O. The minimum atomic E-state index is 0.795. The van der Waals surface area contributed by atoms with Crippen LogP contribution in [-0.4, -0.2) is 24.1 Å². The van der Waals surface area contributed by atoms with Crippen LogP contribution in [0.5, 0.6) is 0 Å². The molecule has 1 N–H and O–H groups in total. The lowest BCUT2D eigenvalue weighted by atomic mass is 10.2. The summed E-state index contributed by atoms with van der Waals surface area (Å²) >= 11 is 0. The van der Waals surface area contributed by atoms with Gasteiger partial charge in [-0.05, 0) is 36.4 Å². The summed E-state index contributed by atoms with van der Waals surface area (Å²) in [6.45, 7) is 0. The fraction of sp³-hybridized carbons (Fsp3) is 0.133. The van der Waals surface area contributed by atoms with Gasteiger partial charge in [0.1, 0.15) is 11.5 Å². The van der Waals surface area contributed by atoms with Gasteiger partial charge in [-0.2, -0.15) is 0 Å². The third-order valence-electron chi connectivity index (χ3n) is 3.02. The Morgan fingerprint density at radius 1 is 1.11 bits per heavy atom. The molecule has 19 heavy (non-hydrogen) atoms. The molecular weight excluding hydrogens is 238 g/mol. The van der Waals surface area contributed by atoms with Crippen molar-refractivity contribution in [3.63, 3.8) is 0 Å². The van der Waals surface area contributed by atoms with E-state index in [1.54, 1.807) is 12.5 Å². The van der Waals surface area contributed by atoms with Crippen molar-refractivity contribution in [3.8, 4) is 22.8 Å². The Morgan fingerprint density at radius 2 is 1.89 bits per heavy atom. The van der Waals surface area contributed by atoms with Crippen LogP contribution >= 0.6 is 0 Å². The molecule has 0 aliphatic heterocycles. The Morgan fingerprint density at radius 3 is 2.53 bits per heavy atom. The smallest absolute Gasteiger partial charge is 0.151 e. The molecule has 0 fully saturated rings. The number of hydrogen-bond donors (Lipinski definition) is 1. The number of aromatic amines is 1. The van der Waals surface area contributed by atoms with Crippen molar-refractivity contribution in [1.82, 2.24) is 9.97 Å². The van der Waals surface area contributed by atoms with E-state index in [0.29, 0.717) is 0 Å². The molecule has 0 bridgehead atoms. The quantitative estimate of drug-likeness (QED) is 0.778. The van der Waals surface area contributed by atoms with Gasteiger partial charge in [-0.15, -0.1) is 0 Å². The van der Waals surface area contributed by atoms with E-state index in [2.05, 4.69) is 39.1 Å². The number of nitrogens with one attached hydrogen (secondary N) is 1. The Labute approximate surface area is 111 Å². The van der Waals surface area contributed by atoms with Gasteiger partial charge in [-0.25, -0.2) is 4.98 Å². The first kappa shape index (κ1) is 11.6. The summed E-state index contributed by atoms with van der Waals surface area (Å²) in [5.74, 6) is 1.64. The minimum absolute atomic E-state index is 0.795. The molecule has 0 aliphatic carbocycles. The van der Waals surface area contributed by atoms with Crippen molar-refractivity contribution in [1.29, 1.82) is 0 Å². The van der Waals surface area contributed by atoms with Gasteiger partial charge in [-0.3, -0.25) is 0 Å². The number of benzene rings is 1. The lowest BCUT2D eigenvalue weighted by molar-refractivity contribution is 0.580. The lowest BCUT2D eigenvalue weighted by Crippen LogP contribution is -2.07. The number of furan rings is 1. The fourth-order valence-electron chi connectivity index (χ4n) is 1.94. The predicted octanol–water partition coefficient (Wildman–Crippen LogP) is 3.40. The van der Waals surface area contributed by atoms with Crippen molar-refractivity contribution in [2.45, 2.75) is 0 Å². The van der Waals surface area contributed by atoms with Gasteiger partial charge in [0.25, 0.3) is 0 Å². The maximum Gasteiger partial charge on any atom is 0.151 e. The summed E-state index contributed by atoms with van der Waals surface area (Å²) in [5.41, 5.74) is 3.11. The first-order chi connectivity index (χ1) is 9.24. The van der Waals surface area contributed by atoms with Crippen molar-refractivity contribution >= 4 is 5.69 Å². The summed E-state index contributed by atoms with van der Waals surface area (Å²) in [5, 5.41) is 0. The molecule has 0 aliphatic rings. The number of nitrogens with zero attached hydrogens (tertiary/aromatic N) is 2. The molecule has 3 aromatic rings. The minimum Gasteiger partial charge on any atom is -0.463 e. The second-order valence-corrected chi connectivity index (χ2v) is 4.56. The summed E-state index contributed by atoms with van der Waals surface area (Å²) in [7, 11) is 4.05. The predicted molar refractivity (Wildman–Crippen MR) is 76.1 cm³/mol. The highest BCUT2D eigenvalue weighted by molar-refractivity contribution is 5.63. The summed E-state index contributed by atoms with van der Waals surface area (Å²) in [4.78, 5) is 9.72. The van der Waals surface area contributed by atoms with Gasteiger partial charge < -0.3 is 14.3 Å². The molecule has 3 rings (SSSR count). The standard InChI is InChI=1S/C15H15N3O/c1-18(2)12-7-5-11(6-8-12)15-16-10-13(17-15)14-4-3-9-19-14/h3-10H,1-2H3,(H,16,17). The third kappa shape index (κ3) is 2.25. The Balaban J connectivity index is 1.90. The first-order valence-electron chi connectivity index (χ1n) is 6.11. The van der Waals surface area contributed by atoms with Crippen molar-refractivity contribution < 1.29 is 4.42 Å². The van der Waals surface area contributed by atoms with E-state index in [4.69, 9.17) is 4.42 Å². The molecule has 0 saturated heterocycles. The molecule has 1 aromatic carbocycles. The van der Waals surface area contributed by atoms with Gasteiger partial charge in [0.2, 0.25) is 0 Å². The monoisotopic (exact) mass is 253 g/mol. The number of H-pyrrole nitrogens is 1. The van der Waals surface area contributed by atoms with Crippen molar-refractivity contribution in [2.75, 3.05) is 19.0 Å². The van der Waals surface area contributed by atoms with E-state index in [0.717, 1.165) is 22.8 Å². The molecule has 2 heterocycles. The van der Waals surface area contributed by atoms with E-state index in [9.17, 15) is 0 Å². The summed E-state index contributed by atoms with van der Waals surface area (Å²) < 4.78 is 5.34. The Kier molecular flexibility index (Phi) is 2.83. The summed E-state index contributed by atoms with van der Waals surface area (Å²) in [6, 6.07) is 12.0. The molecule has 4 nitrogen and oxygen atoms in total. The molecule has 96 valence electrons. The molecule has 0 atom stereocenters. The lowest BCUT2D eigenvalue weighted by Gasteiger charge is -2.12. The van der Waals surface area contributed by atoms with Crippen LogP contribution in [0.4, 0.5) is 5.69 Å². The molecule has 2 aromatic heterocycles. The third-order valence-corrected chi connectivity index (χ3v) is 3.02. The molecule has 0 radical (unpaired) electrons. The van der Waals surface area contributed by atoms with Gasteiger partial charge in [-0.1, -0.05) is 0 Å². The largest absolute Gasteiger partial charge is 0.463 e. The highest BCUT2D eigenvalue weighted by Gasteiger charge is 2.07. The number of anilines is 1. The number of hydrogen-bond acceptors (Lipinski definition) is 3. The van der Waals surface area contributed by atoms with Gasteiger partial charge in [0.15, 0.2) is 5.76 Å². The maximum atomic E-state index is 5.34. The molecule has 0 saturated carbocycles. The maximum absolute atomic E-state index is 5.34. The average Bonchev–Trinajstić information content (AvgIpc) is 3.10. The van der Waals surface area contributed by atoms with Crippen molar-refractivity contribution in [3.05, 3.63) is 48.9 Å². The molecule has 0 amide bonds. The first-order valence-corrected chi connectivity index (χ1v) is 6.11. The van der Waals surface area contributed by atoms with E-state index < -0.39 is 0 Å². The van der Waals surface area contributed by atoms with Crippen LogP contribution in [0.3, 0.4) is 0 Å².